The van der Waals surface area contributed by atoms with Crippen LogP contribution >= 0.6 is 11.6 Å². The van der Waals surface area contributed by atoms with Gasteiger partial charge in [-0.3, -0.25) is 39.4 Å². The number of aromatic hydroxyl groups is 1. The zero-order chi connectivity index (χ0) is 38.4. The van der Waals surface area contributed by atoms with Gasteiger partial charge in [0.05, 0.1) is 56.5 Å². The summed E-state index contributed by atoms with van der Waals surface area (Å²) in [5.41, 5.74) is -2.79. The largest absolute Gasteiger partial charge is 0.508 e. The molecule has 2 aliphatic heterocycles. The molecule has 15 nitrogen and oxygen atoms in total. The number of halogens is 2. The number of fused-ring (bicyclic) bond motifs is 4. The van der Waals surface area contributed by atoms with E-state index in [0.717, 1.165) is 34.1 Å². The highest BCUT2D eigenvalue weighted by Gasteiger charge is 2.68. The van der Waals surface area contributed by atoms with Crippen molar-refractivity contribution in [1.82, 2.24) is 0 Å². The lowest BCUT2D eigenvalue weighted by molar-refractivity contribution is -0.392. The Morgan fingerprint density at radius 1 is 0.925 bits per heavy atom. The summed E-state index contributed by atoms with van der Waals surface area (Å²) in [5, 5.41) is 35.3. The Labute approximate surface area is 305 Å². The second-order valence-corrected chi connectivity index (χ2v) is 14.3. The van der Waals surface area contributed by atoms with E-state index in [9.17, 15) is 48.9 Å². The minimum Gasteiger partial charge on any atom is -0.508 e. The number of allylic oxidation sites excluding steroid dienone is 2. The second-order valence-electron chi connectivity index (χ2n) is 13.9. The van der Waals surface area contributed by atoms with Crippen LogP contribution in [-0.4, -0.2) is 59.8 Å². The maximum atomic E-state index is 14.6. The van der Waals surface area contributed by atoms with Gasteiger partial charge in [0.2, 0.25) is 23.6 Å². The highest BCUT2D eigenvalue weighted by Crippen LogP contribution is 2.64. The van der Waals surface area contributed by atoms with E-state index in [1.807, 2.05) is 0 Å². The molecule has 274 valence electrons. The first-order valence-electron chi connectivity index (χ1n) is 16.4. The molecule has 0 unspecified atom stereocenters. The summed E-state index contributed by atoms with van der Waals surface area (Å²) in [5.74, 6) is -8.60. The van der Waals surface area contributed by atoms with Crippen molar-refractivity contribution in [3.8, 4) is 11.5 Å². The van der Waals surface area contributed by atoms with Crippen LogP contribution in [0.5, 0.6) is 11.5 Å². The van der Waals surface area contributed by atoms with Gasteiger partial charge in [0.15, 0.2) is 5.69 Å². The van der Waals surface area contributed by atoms with Crippen molar-refractivity contribution in [1.29, 1.82) is 0 Å². The van der Waals surface area contributed by atoms with Crippen LogP contribution in [0.15, 0.2) is 60.2 Å². The fourth-order valence-electron chi connectivity index (χ4n) is 8.83. The molecule has 2 aliphatic carbocycles. The third-order valence-electron chi connectivity index (χ3n) is 11.1. The van der Waals surface area contributed by atoms with E-state index in [4.69, 9.17) is 16.3 Å². The number of nitro benzene ring substituents is 2. The number of ether oxygens (including phenoxy) is 1. The first-order chi connectivity index (χ1) is 25.0. The Balaban J connectivity index is 1.37. The molecule has 1 N–H and O–H groups in total. The fourth-order valence-corrected chi connectivity index (χ4v) is 9.01. The third-order valence-corrected chi connectivity index (χ3v) is 11.4. The predicted octanol–water partition coefficient (Wildman–Crippen LogP) is 5.51. The molecule has 3 aromatic rings. The highest BCUT2D eigenvalue weighted by atomic mass is 35.5. The van der Waals surface area contributed by atoms with E-state index in [2.05, 4.69) is 0 Å². The van der Waals surface area contributed by atoms with Gasteiger partial charge in [0.25, 0.3) is 0 Å². The number of amides is 4. The van der Waals surface area contributed by atoms with Crippen LogP contribution in [0.2, 0.25) is 5.02 Å². The van der Waals surface area contributed by atoms with Crippen LogP contribution in [0.1, 0.15) is 31.2 Å². The number of benzene rings is 3. The molecule has 6 atom stereocenters. The van der Waals surface area contributed by atoms with E-state index < -0.39 is 85.7 Å². The zero-order valence-corrected chi connectivity index (χ0v) is 29.4. The molecule has 2 saturated heterocycles. The summed E-state index contributed by atoms with van der Waals surface area (Å²) < 4.78 is 19.4. The minimum atomic E-state index is -1.55. The lowest BCUT2D eigenvalue weighted by atomic mass is 9.51. The lowest BCUT2D eigenvalue weighted by Crippen LogP contribution is -2.48. The van der Waals surface area contributed by atoms with Gasteiger partial charge in [0, 0.05) is 43.8 Å². The van der Waals surface area contributed by atoms with Gasteiger partial charge in [-0.25, -0.2) is 14.2 Å². The van der Waals surface area contributed by atoms with Crippen LogP contribution in [0.3, 0.4) is 0 Å². The van der Waals surface area contributed by atoms with E-state index in [-0.39, 0.29) is 46.2 Å². The summed E-state index contributed by atoms with van der Waals surface area (Å²) in [6, 6.07) is 9.82. The van der Waals surface area contributed by atoms with Crippen molar-refractivity contribution in [2.45, 2.75) is 25.7 Å². The molecular weight excluding hydrogens is 717 g/mol. The SMILES string of the molecule is COc1ccc([C@H]2C3=CC[C@@H]4C(=O)N(c5cc([N+](=O)[O-])c(N(C)C)c([N+](=O)[O-])c5)C(=O)[C@@H]4[C@@H]3C[C@H]3C(=O)N(c4ccc(F)c(Cl)c4)C(=O)[C@@]23C)c(O)c1. The Morgan fingerprint density at radius 2 is 1.58 bits per heavy atom. The number of imide groups is 2. The maximum absolute atomic E-state index is 14.6. The molecule has 0 aromatic heterocycles. The molecule has 7 rings (SSSR count). The first kappa shape index (κ1) is 35.5. The van der Waals surface area contributed by atoms with Gasteiger partial charge < -0.3 is 14.7 Å². The van der Waals surface area contributed by atoms with E-state index in [1.54, 1.807) is 25.1 Å². The van der Waals surface area contributed by atoms with Crippen LogP contribution in [0, 0.1) is 55.1 Å². The average molecular weight is 748 g/mol. The van der Waals surface area contributed by atoms with Crippen molar-refractivity contribution in [3.05, 3.63) is 96.8 Å². The summed E-state index contributed by atoms with van der Waals surface area (Å²) >= 11 is 6.05. The standard InChI is InChI=1S/C36H31ClFN5O10/c1-36-23(33(46)41(35(36)48)16-5-10-25(38)24(37)11-16)15-22-19(30(36)20-7-6-18(53-4)14-28(20)44)8-9-21-29(22)34(47)40(32(21)45)17-12-26(42(49)50)31(39(2)3)27(13-17)43(51)52/h5-8,10-14,21-23,29-30,44H,9,15H2,1-4H3/t21-,22+,23-,29-,30+,36+/m0/s1. The van der Waals surface area contributed by atoms with E-state index in [0.29, 0.717) is 11.3 Å². The molecule has 17 heteroatoms. The molecule has 4 amide bonds. The van der Waals surface area contributed by atoms with Gasteiger partial charge in [0.1, 0.15) is 17.3 Å². The number of nitro groups is 2. The summed E-state index contributed by atoms with van der Waals surface area (Å²) in [6.45, 7) is 1.60. The number of phenolic OH excluding ortho intramolecular Hbond substituents is 1. The van der Waals surface area contributed by atoms with Crippen molar-refractivity contribution in [2.24, 2.45) is 29.1 Å². The topological polar surface area (TPSA) is 194 Å². The lowest BCUT2D eigenvalue weighted by Gasteiger charge is -2.49. The number of phenols is 1. The normalized spacial score (nSPS) is 26.2. The third kappa shape index (κ3) is 5.06. The number of rotatable bonds is 7. The molecule has 3 fully saturated rings. The molecule has 4 aliphatic rings. The van der Waals surface area contributed by atoms with Crippen molar-refractivity contribution in [3.63, 3.8) is 0 Å². The zero-order valence-electron chi connectivity index (χ0n) is 28.6. The number of hydrogen-bond acceptors (Lipinski definition) is 11. The molecule has 0 bridgehead atoms. The Kier molecular flexibility index (Phi) is 8.28. The van der Waals surface area contributed by atoms with Gasteiger partial charge in [-0.15, -0.1) is 0 Å². The molecule has 2 heterocycles. The second kappa shape index (κ2) is 12.4. The van der Waals surface area contributed by atoms with Crippen LogP contribution in [0.4, 0.5) is 32.8 Å². The van der Waals surface area contributed by atoms with Crippen molar-refractivity contribution >= 4 is 63.7 Å². The number of carbonyl (C=O) groups is 4. The Hall–Kier alpha value is -5.90. The fraction of sp³-hybridized carbons (Fsp3) is 0.333. The van der Waals surface area contributed by atoms with Crippen molar-refractivity contribution in [2.75, 3.05) is 35.9 Å². The Morgan fingerprint density at radius 3 is 2.15 bits per heavy atom. The number of methoxy groups -OCH3 is 1. The summed E-state index contributed by atoms with van der Waals surface area (Å²) in [7, 11) is 4.18. The van der Waals surface area contributed by atoms with Crippen LogP contribution in [0.25, 0.3) is 0 Å². The number of carbonyl (C=O) groups excluding carboxylic acids is 4. The molecule has 0 radical (unpaired) electrons. The Bertz CT molecular complexity index is 2190. The molecule has 1 saturated carbocycles. The molecular formula is C36H31ClFN5O10. The predicted molar refractivity (Wildman–Crippen MR) is 187 cm³/mol. The monoisotopic (exact) mass is 747 g/mol. The summed E-state index contributed by atoms with van der Waals surface area (Å²) in [4.78, 5) is 82.9. The van der Waals surface area contributed by atoms with Crippen molar-refractivity contribution < 1.29 is 43.3 Å². The van der Waals surface area contributed by atoms with Crippen LogP contribution < -0.4 is 19.4 Å². The van der Waals surface area contributed by atoms with Gasteiger partial charge in [-0.2, -0.15) is 0 Å². The average Bonchev–Trinajstić information content (AvgIpc) is 3.48. The molecule has 53 heavy (non-hydrogen) atoms. The molecule has 0 spiro atoms. The maximum Gasteiger partial charge on any atom is 0.301 e. The first-order valence-corrected chi connectivity index (χ1v) is 16.8. The van der Waals surface area contributed by atoms with E-state index >= 15 is 0 Å². The minimum absolute atomic E-state index is 0.00880. The smallest absolute Gasteiger partial charge is 0.301 e. The van der Waals surface area contributed by atoms with Gasteiger partial charge in [-0.1, -0.05) is 29.3 Å². The van der Waals surface area contributed by atoms with E-state index in [1.165, 1.54) is 38.2 Å². The highest BCUT2D eigenvalue weighted by molar-refractivity contribution is 6.32. The number of nitrogens with zero attached hydrogens (tertiary/aromatic N) is 5. The summed E-state index contributed by atoms with van der Waals surface area (Å²) in [6.07, 6.45) is 1.64. The number of anilines is 3. The van der Waals surface area contributed by atoms with Gasteiger partial charge in [-0.05, 0) is 49.9 Å². The van der Waals surface area contributed by atoms with Gasteiger partial charge >= 0.3 is 11.4 Å². The quantitative estimate of drug-likeness (QED) is 0.139. The van der Waals surface area contributed by atoms with Crippen LogP contribution in [-0.2, 0) is 19.2 Å². The number of hydrogen-bond donors (Lipinski definition) is 1. The molecule has 3 aromatic carbocycles.